The Labute approximate surface area is 101 Å². The lowest BCUT2D eigenvalue weighted by atomic mass is 10.1. The Morgan fingerprint density at radius 3 is 1.62 bits per heavy atom. The number of hydrogen-bond acceptors (Lipinski definition) is 3. The van der Waals surface area contributed by atoms with Gasteiger partial charge >= 0.3 is 0 Å². The van der Waals surface area contributed by atoms with Crippen LogP contribution in [0.4, 0.5) is 0 Å². The fourth-order valence-corrected chi connectivity index (χ4v) is 2.37. The molecule has 16 heavy (non-hydrogen) atoms. The van der Waals surface area contributed by atoms with Crippen LogP contribution in [0.5, 0.6) is 0 Å². The normalized spacial score (nSPS) is 22.3. The van der Waals surface area contributed by atoms with E-state index in [1.807, 2.05) is 7.05 Å². The van der Waals surface area contributed by atoms with Crippen LogP contribution >= 0.6 is 0 Å². The summed E-state index contributed by atoms with van der Waals surface area (Å²) in [7, 11) is 1.94. The van der Waals surface area contributed by atoms with Crippen LogP contribution in [0.3, 0.4) is 0 Å². The van der Waals surface area contributed by atoms with Gasteiger partial charge in [0.25, 0.3) is 0 Å². The van der Waals surface area contributed by atoms with Gasteiger partial charge in [0.1, 0.15) is 0 Å². The molecule has 1 heterocycles. The molecule has 0 bridgehead atoms. The predicted molar refractivity (Wildman–Crippen MR) is 70.2 cm³/mol. The summed E-state index contributed by atoms with van der Waals surface area (Å²) < 4.78 is 0. The molecule has 0 atom stereocenters. The molecule has 96 valence electrons. The molecule has 3 nitrogen and oxygen atoms in total. The summed E-state index contributed by atoms with van der Waals surface area (Å²) in [5.41, 5.74) is 6.22. The molecule has 0 amide bonds. The first-order valence-corrected chi connectivity index (χ1v) is 7.05. The highest BCUT2D eigenvalue weighted by Crippen LogP contribution is 2.12. The Morgan fingerprint density at radius 2 is 1.19 bits per heavy atom. The van der Waals surface area contributed by atoms with Gasteiger partial charge in [-0.3, -0.25) is 10.3 Å². The van der Waals surface area contributed by atoms with Crippen LogP contribution in [0.15, 0.2) is 0 Å². The first-order chi connectivity index (χ1) is 7.93. The molecule has 0 radical (unpaired) electrons. The van der Waals surface area contributed by atoms with Crippen LogP contribution in [0.2, 0.25) is 0 Å². The highest BCUT2D eigenvalue weighted by molar-refractivity contribution is 4.59. The second-order valence-electron chi connectivity index (χ2n) is 4.88. The number of nitrogens with one attached hydrogen (secondary N) is 2. The fourth-order valence-electron chi connectivity index (χ4n) is 2.37. The fraction of sp³-hybridized carbons (Fsp3) is 1.00. The van der Waals surface area contributed by atoms with E-state index >= 15 is 0 Å². The molecule has 0 aromatic carbocycles. The lowest BCUT2D eigenvalue weighted by molar-refractivity contribution is 0.230. The minimum atomic E-state index is 0.983. The van der Waals surface area contributed by atoms with Crippen molar-refractivity contribution in [3.05, 3.63) is 0 Å². The molecule has 1 saturated heterocycles. The first-order valence-electron chi connectivity index (χ1n) is 7.05. The molecule has 1 rings (SSSR count). The molecule has 0 aromatic heterocycles. The monoisotopic (exact) mass is 227 g/mol. The molecule has 0 aromatic rings. The van der Waals surface area contributed by atoms with Crippen molar-refractivity contribution in [2.75, 3.05) is 26.8 Å². The molecule has 1 aliphatic heterocycles. The standard InChI is InChI=1S/C13H29N3/c1-14-15-13-16-11-9-7-5-3-2-4-6-8-10-12-16/h14-15H,2-13H2,1H3. The van der Waals surface area contributed by atoms with Crippen LogP contribution < -0.4 is 10.9 Å². The number of nitrogens with zero attached hydrogens (tertiary/aromatic N) is 1. The summed E-state index contributed by atoms with van der Waals surface area (Å²) >= 11 is 0. The van der Waals surface area contributed by atoms with Gasteiger partial charge in [-0.1, -0.05) is 44.9 Å². The van der Waals surface area contributed by atoms with E-state index in [1.54, 1.807) is 0 Å². The molecule has 1 fully saturated rings. The predicted octanol–water partition coefficient (Wildman–Crippen LogP) is 2.49. The zero-order valence-electron chi connectivity index (χ0n) is 10.9. The molecular formula is C13H29N3. The smallest absolute Gasteiger partial charge is 0.0614 e. The van der Waals surface area contributed by atoms with Gasteiger partial charge in [-0.05, 0) is 33.0 Å². The van der Waals surface area contributed by atoms with Crippen molar-refractivity contribution >= 4 is 0 Å². The molecule has 0 spiro atoms. The molecule has 0 saturated carbocycles. The molecule has 1 aliphatic rings. The quantitative estimate of drug-likeness (QED) is 0.725. The average Bonchev–Trinajstić information content (AvgIpc) is 2.28. The number of hydrogen-bond donors (Lipinski definition) is 2. The van der Waals surface area contributed by atoms with E-state index < -0.39 is 0 Å². The van der Waals surface area contributed by atoms with E-state index in [1.165, 1.54) is 70.9 Å². The first kappa shape index (κ1) is 13.9. The Balaban J connectivity index is 2.19. The summed E-state index contributed by atoms with van der Waals surface area (Å²) in [6.07, 6.45) is 12.8. The van der Waals surface area contributed by atoms with E-state index in [0.717, 1.165) is 6.67 Å². The molecule has 0 unspecified atom stereocenters. The van der Waals surface area contributed by atoms with Crippen molar-refractivity contribution in [1.82, 2.24) is 15.8 Å². The van der Waals surface area contributed by atoms with E-state index in [-0.39, 0.29) is 0 Å². The lowest BCUT2D eigenvalue weighted by Crippen LogP contribution is -2.41. The van der Waals surface area contributed by atoms with E-state index in [9.17, 15) is 0 Å². The Kier molecular flexibility index (Phi) is 8.77. The average molecular weight is 227 g/mol. The van der Waals surface area contributed by atoms with Gasteiger partial charge in [0.05, 0.1) is 6.67 Å². The Hall–Kier alpha value is -0.120. The highest BCUT2D eigenvalue weighted by Gasteiger charge is 2.04. The molecule has 2 N–H and O–H groups in total. The largest absolute Gasteiger partial charge is 0.290 e. The van der Waals surface area contributed by atoms with Crippen LogP contribution in [-0.4, -0.2) is 31.7 Å². The molecule has 0 aliphatic carbocycles. The van der Waals surface area contributed by atoms with Gasteiger partial charge in [-0.25, -0.2) is 5.43 Å². The topological polar surface area (TPSA) is 27.3 Å². The van der Waals surface area contributed by atoms with Gasteiger partial charge < -0.3 is 0 Å². The summed E-state index contributed by atoms with van der Waals surface area (Å²) in [6.45, 7) is 3.50. The number of rotatable bonds is 3. The maximum absolute atomic E-state index is 3.21. The SMILES string of the molecule is CNNCN1CCCCCCCCCCC1. The summed E-state index contributed by atoms with van der Waals surface area (Å²) in [4.78, 5) is 2.54. The van der Waals surface area contributed by atoms with E-state index in [0.29, 0.717) is 0 Å². The minimum Gasteiger partial charge on any atom is -0.290 e. The van der Waals surface area contributed by atoms with Crippen molar-refractivity contribution in [2.45, 2.75) is 57.8 Å². The maximum atomic E-state index is 3.21. The van der Waals surface area contributed by atoms with E-state index in [4.69, 9.17) is 0 Å². The van der Waals surface area contributed by atoms with Crippen molar-refractivity contribution < 1.29 is 0 Å². The number of hydrazine groups is 1. The van der Waals surface area contributed by atoms with Crippen LogP contribution in [0, 0.1) is 0 Å². The third-order valence-corrected chi connectivity index (χ3v) is 3.43. The third kappa shape index (κ3) is 7.20. The van der Waals surface area contributed by atoms with Gasteiger partial charge in [0, 0.05) is 0 Å². The highest BCUT2D eigenvalue weighted by atomic mass is 15.4. The van der Waals surface area contributed by atoms with Gasteiger partial charge in [-0.15, -0.1) is 0 Å². The second-order valence-corrected chi connectivity index (χ2v) is 4.88. The van der Waals surface area contributed by atoms with Gasteiger partial charge in [0.15, 0.2) is 0 Å². The molecular weight excluding hydrogens is 198 g/mol. The second kappa shape index (κ2) is 10.1. The Morgan fingerprint density at radius 1 is 0.750 bits per heavy atom. The van der Waals surface area contributed by atoms with Crippen LogP contribution in [-0.2, 0) is 0 Å². The van der Waals surface area contributed by atoms with Crippen molar-refractivity contribution in [3.63, 3.8) is 0 Å². The van der Waals surface area contributed by atoms with E-state index in [2.05, 4.69) is 15.8 Å². The van der Waals surface area contributed by atoms with Crippen molar-refractivity contribution in [2.24, 2.45) is 0 Å². The van der Waals surface area contributed by atoms with Crippen LogP contribution in [0.1, 0.15) is 57.8 Å². The lowest BCUT2D eigenvalue weighted by Gasteiger charge is -2.23. The molecule has 3 heteroatoms. The Bertz CT molecular complexity index is 138. The summed E-state index contributed by atoms with van der Waals surface area (Å²) in [5, 5.41) is 0. The third-order valence-electron chi connectivity index (χ3n) is 3.43. The maximum Gasteiger partial charge on any atom is 0.0614 e. The van der Waals surface area contributed by atoms with Gasteiger partial charge in [0.2, 0.25) is 0 Å². The van der Waals surface area contributed by atoms with Crippen molar-refractivity contribution in [1.29, 1.82) is 0 Å². The van der Waals surface area contributed by atoms with Crippen LogP contribution in [0.25, 0.3) is 0 Å². The zero-order chi connectivity index (χ0) is 11.5. The van der Waals surface area contributed by atoms with Crippen molar-refractivity contribution in [3.8, 4) is 0 Å². The summed E-state index contributed by atoms with van der Waals surface area (Å²) in [5.74, 6) is 0. The zero-order valence-corrected chi connectivity index (χ0v) is 10.9. The minimum absolute atomic E-state index is 0.983. The summed E-state index contributed by atoms with van der Waals surface area (Å²) in [6, 6.07) is 0. The van der Waals surface area contributed by atoms with Gasteiger partial charge in [-0.2, -0.15) is 0 Å².